The number of benzene rings is 2. The Morgan fingerprint density at radius 2 is 1.88 bits per heavy atom. The van der Waals surface area contributed by atoms with Crippen molar-refractivity contribution in [2.45, 2.75) is 6.82 Å². The van der Waals surface area contributed by atoms with Crippen molar-refractivity contribution < 1.29 is 14.3 Å². The van der Waals surface area contributed by atoms with Gasteiger partial charge < -0.3 is 4.74 Å². The van der Waals surface area contributed by atoms with Crippen molar-refractivity contribution in [2.75, 3.05) is 0 Å². The van der Waals surface area contributed by atoms with Gasteiger partial charge in [-0.1, -0.05) is 36.6 Å². The number of ether oxygens (including phenoxy) is 1. The van der Waals surface area contributed by atoms with Crippen molar-refractivity contribution in [3.63, 3.8) is 0 Å². The van der Waals surface area contributed by atoms with E-state index in [-0.39, 0.29) is 0 Å². The van der Waals surface area contributed by atoms with E-state index in [9.17, 15) is 9.59 Å². The van der Waals surface area contributed by atoms with E-state index in [2.05, 4.69) is 0 Å². The highest BCUT2D eigenvalue weighted by Gasteiger charge is 2.28. The monoisotopic (exact) mass is 223 g/mol. The minimum Gasteiger partial charge on any atom is -0.386 e. The molecular formula is C13H8BO3. The van der Waals surface area contributed by atoms with E-state index in [1.807, 2.05) is 32.3 Å². The van der Waals surface area contributed by atoms with Crippen LogP contribution in [-0.2, 0) is 4.74 Å². The van der Waals surface area contributed by atoms with Crippen LogP contribution in [0, 0.1) is 0 Å². The summed E-state index contributed by atoms with van der Waals surface area (Å²) in [7, 11) is 1.84. The van der Waals surface area contributed by atoms with Crippen LogP contribution in [0.3, 0.4) is 0 Å². The van der Waals surface area contributed by atoms with Gasteiger partial charge in [0.05, 0.1) is 11.1 Å². The molecule has 0 saturated heterocycles. The Hall–Kier alpha value is -2.10. The van der Waals surface area contributed by atoms with Gasteiger partial charge in [-0.2, -0.15) is 0 Å². The van der Waals surface area contributed by atoms with Gasteiger partial charge in [-0.3, -0.25) is 0 Å². The molecule has 17 heavy (non-hydrogen) atoms. The van der Waals surface area contributed by atoms with Gasteiger partial charge in [-0.15, -0.1) is 0 Å². The Balaban J connectivity index is 2.53. The minimum atomic E-state index is -0.568. The zero-order valence-corrected chi connectivity index (χ0v) is 9.19. The molecule has 0 fully saturated rings. The van der Waals surface area contributed by atoms with Gasteiger partial charge in [0.25, 0.3) is 0 Å². The second-order valence-electron chi connectivity index (χ2n) is 3.90. The third-order valence-electron chi connectivity index (χ3n) is 3.00. The Morgan fingerprint density at radius 1 is 1.06 bits per heavy atom. The SMILES string of the molecule is C[B]c1ccc2cccc3c2c1C(=O)OC3=O. The normalized spacial score (nSPS) is 13.7. The van der Waals surface area contributed by atoms with Crippen molar-refractivity contribution in [1.29, 1.82) is 0 Å². The second kappa shape index (κ2) is 3.45. The van der Waals surface area contributed by atoms with Crippen LogP contribution < -0.4 is 5.46 Å². The summed E-state index contributed by atoms with van der Waals surface area (Å²) in [6.07, 6.45) is 0. The van der Waals surface area contributed by atoms with Crippen LogP contribution in [0.1, 0.15) is 20.7 Å². The van der Waals surface area contributed by atoms with Crippen molar-refractivity contribution in [3.8, 4) is 0 Å². The lowest BCUT2D eigenvalue weighted by Gasteiger charge is -2.17. The highest BCUT2D eigenvalue weighted by Crippen LogP contribution is 2.27. The largest absolute Gasteiger partial charge is 0.386 e. The first-order valence-corrected chi connectivity index (χ1v) is 5.34. The molecule has 0 N–H and O–H groups in total. The first-order valence-electron chi connectivity index (χ1n) is 5.34. The maximum Gasteiger partial charge on any atom is 0.346 e. The quantitative estimate of drug-likeness (QED) is 0.418. The summed E-state index contributed by atoms with van der Waals surface area (Å²) >= 11 is 0. The Bertz CT molecular complexity index is 661. The maximum absolute atomic E-state index is 11.8. The average molecular weight is 223 g/mol. The standard InChI is InChI=1S/C13H8BO3/c1-14-9-6-5-7-3-2-4-8-10(7)11(9)13(16)17-12(8)15/h2-6H,1H3. The number of rotatable bonds is 1. The molecule has 0 atom stereocenters. The predicted octanol–water partition coefficient (Wildman–Crippen LogP) is 1.53. The third kappa shape index (κ3) is 1.30. The zero-order valence-electron chi connectivity index (χ0n) is 9.19. The Labute approximate surface area is 98.6 Å². The Kier molecular flexibility index (Phi) is 2.05. The second-order valence-corrected chi connectivity index (χ2v) is 3.90. The van der Waals surface area contributed by atoms with Gasteiger partial charge in [0.1, 0.15) is 7.28 Å². The van der Waals surface area contributed by atoms with Crippen LogP contribution in [0.15, 0.2) is 30.3 Å². The van der Waals surface area contributed by atoms with Crippen LogP contribution in [0.25, 0.3) is 10.8 Å². The summed E-state index contributed by atoms with van der Waals surface area (Å²) in [5, 5.41) is 1.58. The maximum atomic E-state index is 11.8. The fourth-order valence-electron chi connectivity index (χ4n) is 2.22. The van der Waals surface area contributed by atoms with E-state index in [0.717, 1.165) is 10.8 Å². The topological polar surface area (TPSA) is 43.4 Å². The average Bonchev–Trinajstić information content (AvgIpc) is 2.35. The van der Waals surface area contributed by atoms with E-state index in [1.165, 1.54) is 0 Å². The molecule has 4 heteroatoms. The summed E-state index contributed by atoms with van der Waals surface area (Å²) < 4.78 is 4.75. The summed E-state index contributed by atoms with van der Waals surface area (Å²) in [6.45, 7) is 1.85. The molecule has 0 bridgehead atoms. The summed E-state index contributed by atoms with van der Waals surface area (Å²) in [4.78, 5) is 23.4. The van der Waals surface area contributed by atoms with E-state index < -0.39 is 11.9 Å². The number of carbonyl (C=O) groups excluding carboxylic acids is 2. The lowest BCUT2D eigenvalue weighted by molar-refractivity contribution is 0.0392. The third-order valence-corrected chi connectivity index (χ3v) is 3.00. The van der Waals surface area contributed by atoms with Crippen LogP contribution in [0.5, 0.6) is 0 Å². The fourth-order valence-corrected chi connectivity index (χ4v) is 2.22. The molecule has 0 spiro atoms. The summed E-state index contributed by atoms with van der Waals surface area (Å²) in [5.74, 6) is -1.13. The lowest BCUT2D eigenvalue weighted by atomic mass is 9.69. The molecule has 2 aromatic rings. The van der Waals surface area contributed by atoms with Gasteiger partial charge in [-0.05, 0) is 11.5 Å². The Morgan fingerprint density at radius 3 is 2.65 bits per heavy atom. The van der Waals surface area contributed by atoms with Crippen molar-refractivity contribution >= 4 is 35.5 Å². The van der Waals surface area contributed by atoms with E-state index in [0.29, 0.717) is 16.5 Å². The number of hydrogen-bond donors (Lipinski definition) is 0. The first-order chi connectivity index (χ1) is 8.22. The summed E-state index contributed by atoms with van der Waals surface area (Å²) in [5.41, 5.74) is 1.74. The first kappa shape index (κ1) is 10.1. The molecule has 0 unspecified atom stereocenters. The molecule has 0 amide bonds. The van der Waals surface area contributed by atoms with E-state index in [1.54, 1.807) is 12.1 Å². The van der Waals surface area contributed by atoms with Crippen molar-refractivity contribution in [3.05, 3.63) is 41.5 Å². The van der Waals surface area contributed by atoms with E-state index in [4.69, 9.17) is 4.74 Å². The lowest BCUT2D eigenvalue weighted by Crippen LogP contribution is -2.28. The minimum absolute atomic E-state index is 0.459. The van der Waals surface area contributed by atoms with Gasteiger partial charge in [0.15, 0.2) is 0 Å². The van der Waals surface area contributed by atoms with Crippen LogP contribution >= 0.6 is 0 Å². The van der Waals surface area contributed by atoms with Gasteiger partial charge in [-0.25, -0.2) is 9.59 Å². The summed E-state index contributed by atoms with van der Waals surface area (Å²) in [6, 6.07) is 9.11. The molecule has 81 valence electrons. The van der Waals surface area contributed by atoms with Crippen LogP contribution in [-0.4, -0.2) is 19.2 Å². The molecule has 3 nitrogen and oxygen atoms in total. The van der Waals surface area contributed by atoms with Crippen molar-refractivity contribution in [2.24, 2.45) is 0 Å². The molecule has 0 aliphatic carbocycles. The highest BCUT2D eigenvalue weighted by molar-refractivity contribution is 6.55. The number of esters is 2. The zero-order chi connectivity index (χ0) is 12.0. The van der Waals surface area contributed by atoms with Crippen molar-refractivity contribution in [1.82, 2.24) is 0 Å². The number of hydrogen-bond acceptors (Lipinski definition) is 3. The molecule has 1 aliphatic rings. The molecule has 3 rings (SSSR count). The molecule has 0 saturated carbocycles. The number of cyclic esters (lactones) is 2. The van der Waals surface area contributed by atoms with Gasteiger partial charge in [0, 0.05) is 5.39 Å². The van der Waals surface area contributed by atoms with Crippen LogP contribution in [0.4, 0.5) is 0 Å². The predicted molar refractivity (Wildman–Crippen MR) is 64.9 cm³/mol. The van der Waals surface area contributed by atoms with Gasteiger partial charge >= 0.3 is 11.9 Å². The molecule has 1 aliphatic heterocycles. The smallest absolute Gasteiger partial charge is 0.346 e. The number of carbonyl (C=O) groups is 2. The van der Waals surface area contributed by atoms with Crippen LogP contribution in [0.2, 0.25) is 6.82 Å². The molecular weight excluding hydrogens is 215 g/mol. The van der Waals surface area contributed by atoms with Gasteiger partial charge in [0.2, 0.25) is 0 Å². The van der Waals surface area contributed by atoms with E-state index >= 15 is 0 Å². The molecule has 1 radical (unpaired) electrons. The fraction of sp³-hybridized carbons (Fsp3) is 0.0769. The highest BCUT2D eigenvalue weighted by atomic mass is 16.6. The molecule has 2 aromatic carbocycles. The molecule has 1 heterocycles. The molecule has 0 aromatic heterocycles.